The molecule has 0 aliphatic heterocycles. The van der Waals surface area contributed by atoms with Crippen LogP contribution in [0.25, 0.3) is 11.3 Å². The molecule has 1 aromatic heterocycles. The maximum Gasteiger partial charge on any atom is 0.512 e. The number of hydrogen-bond acceptors (Lipinski definition) is 5. The van der Waals surface area contributed by atoms with Crippen LogP contribution in [0.15, 0.2) is 24.3 Å². The fraction of sp³-hybridized carbons (Fsp3) is 0.0909. The van der Waals surface area contributed by atoms with Crippen molar-refractivity contribution in [1.82, 2.24) is 4.37 Å². The second-order valence-corrected chi connectivity index (χ2v) is 4.35. The summed E-state index contributed by atoms with van der Waals surface area (Å²) in [6.07, 6.45) is -6.18. The zero-order chi connectivity index (χ0) is 14.9. The smallest absolute Gasteiger partial charge is 0.502 e. The quantitative estimate of drug-likeness (QED) is 0.829. The Morgan fingerprint density at radius 1 is 1.35 bits per heavy atom. The summed E-state index contributed by atoms with van der Waals surface area (Å²) in [5.74, 6) is -0.614. The molecule has 2 N–H and O–H groups in total. The van der Waals surface area contributed by atoms with Gasteiger partial charge in [-0.3, -0.25) is 0 Å². The number of carboxylic acid groups (broad SMARTS) is 1. The summed E-state index contributed by atoms with van der Waals surface area (Å²) in [6, 6.07) is 4.16. The molecule has 0 spiro atoms. The van der Waals surface area contributed by atoms with Crippen LogP contribution in [0.5, 0.6) is 10.8 Å². The van der Waals surface area contributed by atoms with Crippen LogP contribution < -0.4 is 4.74 Å². The molecule has 0 saturated heterocycles. The second-order valence-electron chi connectivity index (χ2n) is 3.61. The summed E-state index contributed by atoms with van der Waals surface area (Å²) >= 11 is 0.528. The van der Waals surface area contributed by atoms with Gasteiger partial charge in [0.2, 0.25) is 5.06 Å². The van der Waals surface area contributed by atoms with E-state index in [-0.39, 0.29) is 11.3 Å². The molecule has 2 aromatic rings. The Morgan fingerprint density at radius 3 is 2.65 bits per heavy atom. The molecule has 9 heteroatoms. The largest absolute Gasteiger partial charge is 0.512 e. The van der Waals surface area contributed by atoms with E-state index in [1.807, 2.05) is 0 Å². The van der Waals surface area contributed by atoms with Gasteiger partial charge in [0.15, 0.2) is 5.75 Å². The summed E-state index contributed by atoms with van der Waals surface area (Å²) in [5.41, 5.74) is -1.06. The molecule has 0 radical (unpaired) electrons. The Hall–Kier alpha value is -2.29. The molecule has 0 fully saturated rings. The first-order valence-corrected chi connectivity index (χ1v) is 5.83. The number of aromatic hydroxyl groups is 1. The van der Waals surface area contributed by atoms with Crippen LogP contribution >= 0.6 is 11.5 Å². The third-order valence-electron chi connectivity index (χ3n) is 2.28. The molecule has 5 nitrogen and oxygen atoms in total. The fourth-order valence-electron chi connectivity index (χ4n) is 1.45. The Bertz CT molecular complexity index is 653. The molecule has 20 heavy (non-hydrogen) atoms. The lowest BCUT2D eigenvalue weighted by Gasteiger charge is -2.07. The van der Waals surface area contributed by atoms with E-state index in [0.29, 0.717) is 11.5 Å². The van der Waals surface area contributed by atoms with Gasteiger partial charge in [-0.25, -0.2) is 4.79 Å². The molecule has 2 rings (SSSR count). The van der Waals surface area contributed by atoms with Gasteiger partial charge in [0, 0.05) is 17.1 Å². The van der Waals surface area contributed by atoms with Gasteiger partial charge in [0.1, 0.15) is 5.69 Å². The van der Waals surface area contributed by atoms with Crippen LogP contribution in [0.2, 0.25) is 0 Å². The maximum atomic E-state index is 12.6. The summed E-state index contributed by atoms with van der Waals surface area (Å²) in [4.78, 5) is 10.3. The number of benzene rings is 1. The van der Waals surface area contributed by atoms with E-state index >= 15 is 0 Å². The first-order valence-electron chi connectivity index (χ1n) is 5.06. The van der Waals surface area contributed by atoms with E-state index in [1.54, 1.807) is 0 Å². The van der Waals surface area contributed by atoms with Crippen LogP contribution in [-0.4, -0.2) is 20.7 Å². The van der Waals surface area contributed by atoms with Crippen molar-refractivity contribution in [3.63, 3.8) is 0 Å². The number of halogens is 3. The highest BCUT2D eigenvalue weighted by molar-refractivity contribution is 7.08. The summed E-state index contributed by atoms with van der Waals surface area (Å²) in [6.45, 7) is 0. The van der Waals surface area contributed by atoms with E-state index in [1.165, 1.54) is 6.07 Å². The standard InChI is InChI=1S/C11H6F3NO4S/c12-11(13,14)6-3-1-2-5(4-6)7-8(16)9(20-15-7)19-10(17)18/h1-4,16H,(H,17,18). The average molecular weight is 305 g/mol. The average Bonchev–Trinajstić information content (AvgIpc) is 2.69. The third kappa shape index (κ3) is 2.82. The highest BCUT2D eigenvalue weighted by Crippen LogP contribution is 2.41. The summed E-state index contributed by atoms with van der Waals surface area (Å²) in [7, 11) is 0. The number of hydrogen-bond donors (Lipinski definition) is 2. The first-order chi connectivity index (χ1) is 9.29. The Kier molecular flexibility index (Phi) is 3.53. The minimum Gasteiger partial charge on any atom is -0.502 e. The zero-order valence-electron chi connectivity index (χ0n) is 9.51. The summed E-state index contributed by atoms with van der Waals surface area (Å²) < 4.78 is 45.7. The molecule has 0 unspecified atom stereocenters. The number of ether oxygens (including phenoxy) is 1. The van der Waals surface area contributed by atoms with E-state index < -0.39 is 28.7 Å². The second kappa shape index (κ2) is 5.00. The molecular formula is C11H6F3NO4S. The first kappa shape index (κ1) is 14.1. The van der Waals surface area contributed by atoms with Gasteiger partial charge in [0.05, 0.1) is 5.56 Å². The van der Waals surface area contributed by atoms with Crippen LogP contribution in [0, 0.1) is 0 Å². The van der Waals surface area contributed by atoms with Crippen LogP contribution in [0.4, 0.5) is 18.0 Å². The van der Waals surface area contributed by atoms with Crippen LogP contribution in [-0.2, 0) is 6.18 Å². The van der Waals surface area contributed by atoms with E-state index in [0.717, 1.165) is 18.2 Å². The number of alkyl halides is 3. The number of rotatable bonds is 2. The molecule has 0 atom stereocenters. The zero-order valence-corrected chi connectivity index (χ0v) is 10.3. The van der Waals surface area contributed by atoms with Gasteiger partial charge in [-0.05, 0) is 12.1 Å². The van der Waals surface area contributed by atoms with E-state index in [9.17, 15) is 23.1 Å². The van der Waals surface area contributed by atoms with Crippen molar-refractivity contribution in [2.75, 3.05) is 0 Å². The van der Waals surface area contributed by atoms with Crippen molar-refractivity contribution in [3.05, 3.63) is 29.8 Å². The van der Waals surface area contributed by atoms with Crippen molar-refractivity contribution < 1.29 is 32.9 Å². The van der Waals surface area contributed by atoms with Gasteiger partial charge >= 0.3 is 12.3 Å². The minimum absolute atomic E-state index is 0.00816. The van der Waals surface area contributed by atoms with E-state index in [2.05, 4.69) is 9.11 Å². The van der Waals surface area contributed by atoms with E-state index in [4.69, 9.17) is 5.11 Å². The molecule has 0 amide bonds. The van der Waals surface area contributed by atoms with Crippen molar-refractivity contribution >= 4 is 17.7 Å². The predicted octanol–water partition coefficient (Wildman–Crippen LogP) is 3.59. The van der Waals surface area contributed by atoms with Gasteiger partial charge in [-0.1, -0.05) is 12.1 Å². The Morgan fingerprint density at radius 2 is 2.05 bits per heavy atom. The lowest BCUT2D eigenvalue weighted by Crippen LogP contribution is -2.04. The van der Waals surface area contributed by atoms with Crippen molar-refractivity contribution in [2.45, 2.75) is 6.18 Å². The van der Waals surface area contributed by atoms with Crippen molar-refractivity contribution in [3.8, 4) is 22.1 Å². The summed E-state index contributed by atoms with van der Waals surface area (Å²) in [5, 5.41) is 17.7. The Balaban J connectivity index is 2.42. The van der Waals surface area contributed by atoms with Gasteiger partial charge in [0.25, 0.3) is 0 Å². The number of aromatic nitrogens is 1. The highest BCUT2D eigenvalue weighted by atomic mass is 32.1. The molecule has 106 valence electrons. The van der Waals surface area contributed by atoms with Crippen molar-refractivity contribution in [2.24, 2.45) is 0 Å². The molecule has 0 aliphatic carbocycles. The third-order valence-corrected chi connectivity index (χ3v) is 3.00. The fourth-order valence-corrected chi connectivity index (χ4v) is 2.11. The SMILES string of the molecule is O=C(O)Oc1snc(-c2cccc(C(F)(F)F)c2)c1O. The van der Waals surface area contributed by atoms with Gasteiger partial charge < -0.3 is 14.9 Å². The highest BCUT2D eigenvalue weighted by Gasteiger charge is 2.31. The molecule has 1 heterocycles. The Labute approximate surface area is 114 Å². The minimum atomic E-state index is -4.53. The number of nitrogens with zero attached hydrogens (tertiary/aromatic N) is 1. The lowest BCUT2D eigenvalue weighted by atomic mass is 10.1. The monoisotopic (exact) mass is 305 g/mol. The molecule has 1 aromatic carbocycles. The molecular weight excluding hydrogens is 299 g/mol. The van der Waals surface area contributed by atoms with Crippen LogP contribution in [0.1, 0.15) is 5.56 Å². The topological polar surface area (TPSA) is 79.7 Å². The number of carbonyl (C=O) groups is 1. The van der Waals surface area contributed by atoms with Gasteiger partial charge in [-0.15, -0.1) is 0 Å². The molecule has 0 aliphatic rings. The van der Waals surface area contributed by atoms with Crippen molar-refractivity contribution in [1.29, 1.82) is 0 Å². The lowest BCUT2D eigenvalue weighted by molar-refractivity contribution is -0.137. The predicted molar refractivity (Wildman–Crippen MR) is 62.9 cm³/mol. The molecule has 0 bridgehead atoms. The normalized spacial score (nSPS) is 11.3. The van der Waals surface area contributed by atoms with Gasteiger partial charge in [-0.2, -0.15) is 17.5 Å². The molecule has 0 saturated carbocycles. The van der Waals surface area contributed by atoms with Crippen LogP contribution in [0.3, 0.4) is 0 Å². The maximum absolute atomic E-state index is 12.6.